The second-order valence-corrected chi connectivity index (χ2v) is 3.91. The normalized spacial score (nSPS) is 9.42. The van der Waals surface area contributed by atoms with Gasteiger partial charge in [-0.1, -0.05) is 0 Å². The van der Waals surface area contributed by atoms with Gasteiger partial charge in [-0.05, 0) is 31.2 Å². The quantitative estimate of drug-likeness (QED) is 0.826. The van der Waals surface area contributed by atoms with E-state index in [4.69, 9.17) is 21.0 Å². The molecule has 92 valence electrons. The Bertz CT molecular complexity index is 710. The van der Waals surface area contributed by atoms with Crippen LogP contribution in [0.1, 0.15) is 16.8 Å². The predicted molar refractivity (Wildman–Crippen MR) is 69.3 cm³/mol. The molecule has 0 aliphatic carbocycles. The SMILES string of the molecule is Cc1cc(C#N)cc(Oc2ccc(C#N)cc2N)n1. The number of hydrogen-bond acceptors (Lipinski definition) is 5. The fourth-order valence-electron chi connectivity index (χ4n) is 1.58. The second kappa shape index (κ2) is 5.07. The van der Waals surface area contributed by atoms with Gasteiger partial charge in [0.15, 0.2) is 5.75 Å². The third-order valence-electron chi connectivity index (χ3n) is 2.41. The minimum absolute atomic E-state index is 0.299. The van der Waals surface area contributed by atoms with Gasteiger partial charge in [-0.2, -0.15) is 10.5 Å². The number of nitrogens with zero attached hydrogens (tertiary/aromatic N) is 3. The third kappa shape index (κ3) is 2.80. The van der Waals surface area contributed by atoms with E-state index in [1.165, 1.54) is 12.1 Å². The molecule has 19 heavy (non-hydrogen) atoms. The van der Waals surface area contributed by atoms with Crippen LogP contribution in [0.15, 0.2) is 30.3 Å². The smallest absolute Gasteiger partial charge is 0.220 e. The van der Waals surface area contributed by atoms with Crippen molar-refractivity contribution < 1.29 is 4.74 Å². The Hall–Kier alpha value is -3.05. The number of pyridine rings is 1. The number of rotatable bonds is 2. The van der Waals surface area contributed by atoms with Crippen LogP contribution in [0.2, 0.25) is 0 Å². The minimum atomic E-state index is 0.299. The molecule has 0 fully saturated rings. The summed E-state index contributed by atoms with van der Waals surface area (Å²) in [6.07, 6.45) is 0. The summed E-state index contributed by atoms with van der Waals surface area (Å²) in [6, 6.07) is 11.9. The highest BCUT2D eigenvalue weighted by Crippen LogP contribution is 2.27. The third-order valence-corrected chi connectivity index (χ3v) is 2.41. The van der Waals surface area contributed by atoms with Crippen molar-refractivity contribution in [1.29, 1.82) is 10.5 Å². The summed E-state index contributed by atoms with van der Waals surface area (Å²) in [5.41, 5.74) is 7.74. The van der Waals surface area contributed by atoms with Gasteiger partial charge in [0.1, 0.15) is 0 Å². The first kappa shape index (κ1) is 12.4. The molecule has 0 unspecified atom stereocenters. The molecule has 2 rings (SSSR count). The molecule has 2 aromatic rings. The number of benzene rings is 1. The van der Waals surface area contributed by atoms with Gasteiger partial charge in [-0.3, -0.25) is 0 Å². The molecule has 0 atom stereocenters. The Morgan fingerprint density at radius 2 is 1.84 bits per heavy atom. The first-order valence-corrected chi connectivity index (χ1v) is 5.48. The maximum Gasteiger partial charge on any atom is 0.220 e. The molecule has 0 saturated heterocycles. The number of hydrogen-bond donors (Lipinski definition) is 1. The van der Waals surface area contributed by atoms with Crippen LogP contribution < -0.4 is 10.5 Å². The molecule has 0 aliphatic rings. The fraction of sp³-hybridized carbons (Fsp3) is 0.0714. The van der Waals surface area contributed by atoms with E-state index in [0.717, 1.165) is 0 Å². The van der Waals surface area contributed by atoms with E-state index in [1.807, 2.05) is 12.1 Å². The first-order valence-electron chi connectivity index (χ1n) is 5.48. The summed E-state index contributed by atoms with van der Waals surface area (Å²) in [4.78, 5) is 4.17. The highest BCUT2D eigenvalue weighted by Gasteiger charge is 2.06. The maximum atomic E-state index is 8.88. The van der Waals surface area contributed by atoms with Gasteiger partial charge in [0.25, 0.3) is 0 Å². The second-order valence-electron chi connectivity index (χ2n) is 3.91. The Labute approximate surface area is 110 Å². The molecule has 1 aromatic carbocycles. The van der Waals surface area contributed by atoms with Gasteiger partial charge in [0.05, 0.1) is 29.0 Å². The van der Waals surface area contributed by atoms with Gasteiger partial charge in [-0.25, -0.2) is 4.98 Å². The zero-order valence-corrected chi connectivity index (χ0v) is 10.2. The lowest BCUT2D eigenvalue weighted by Gasteiger charge is -2.08. The van der Waals surface area contributed by atoms with Crippen LogP contribution in [0.25, 0.3) is 0 Å². The molecule has 5 heteroatoms. The number of anilines is 1. The van der Waals surface area contributed by atoms with E-state index in [9.17, 15) is 0 Å². The number of nitrogen functional groups attached to an aromatic ring is 1. The molecule has 5 nitrogen and oxygen atoms in total. The van der Waals surface area contributed by atoms with Crippen LogP contribution in [-0.4, -0.2) is 4.98 Å². The summed E-state index contributed by atoms with van der Waals surface area (Å²) < 4.78 is 5.54. The van der Waals surface area contributed by atoms with Crippen molar-refractivity contribution in [3.05, 3.63) is 47.2 Å². The van der Waals surface area contributed by atoms with Crippen molar-refractivity contribution in [3.8, 4) is 23.8 Å². The lowest BCUT2D eigenvalue weighted by molar-refractivity contribution is 0.463. The van der Waals surface area contributed by atoms with Gasteiger partial charge < -0.3 is 10.5 Å². The average Bonchev–Trinajstić information content (AvgIpc) is 2.40. The molecule has 1 aromatic heterocycles. The lowest BCUT2D eigenvalue weighted by Crippen LogP contribution is -1.96. The predicted octanol–water partition coefficient (Wildman–Crippen LogP) is 2.51. The molecule has 0 spiro atoms. The van der Waals surface area contributed by atoms with Gasteiger partial charge >= 0.3 is 0 Å². The van der Waals surface area contributed by atoms with Crippen LogP contribution in [0.5, 0.6) is 11.6 Å². The average molecular weight is 250 g/mol. The Morgan fingerprint density at radius 3 is 2.47 bits per heavy atom. The zero-order valence-electron chi connectivity index (χ0n) is 10.2. The largest absolute Gasteiger partial charge is 0.437 e. The Morgan fingerprint density at radius 1 is 1.11 bits per heavy atom. The van der Waals surface area contributed by atoms with E-state index >= 15 is 0 Å². The molecule has 1 heterocycles. The maximum absolute atomic E-state index is 8.88. The van der Waals surface area contributed by atoms with E-state index < -0.39 is 0 Å². The summed E-state index contributed by atoms with van der Waals surface area (Å²) in [5.74, 6) is 0.703. The van der Waals surface area contributed by atoms with E-state index in [-0.39, 0.29) is 0 Å². The van der Waals surface area contributed by atoms with Gasteiger partial charge in [0, 0.05) is 11.8 Å². The van der Waals surface area contributed by atoms with Crippen LogP contribution in [0, 0.1) is 29.6 Å². The zero-order chi connectivity index (χ0) is 13.8. The summed E-state index contributed by atoms with van der Waals surface area (Å²) in [6.45, 7) is 1.77. The van der Waals surface area contributed by atoms with Crippen molar-refractivity contribution in [2.75, 3.05) is 5.73 Å². The summed E-state index contributed by atoms with van der Waals surface area (Å²) in [7, 11) is 0. The number of aryl methyl sites for hydroxylation is 1. The minimum Gasteiger partial charge on any atom is -0.437 e. The van der Waals surface area contributed by atoms with Crippen LogP contribution in [0.3, 0.4) is 0 Å². The van der Waals surface area contributed by atoms with Gasteiger partial charge in [0.2, 0.25) is 5.88 Å². The Kier molecular flexibility index (Phi) is 3.31. The van der Waals surface area contributed by atoms with Gasteiger partial charge in [-0.15, -0.1) is 0 Å². The first-order chi connectivity index (χ1) is 9.12. The van der Waals surface area contributed by atoms with Crippen LogP contribution in [-0.2, 0) is 0 Å². The van der Waals surface area contributed by atoms with Crippen LogP contribution in [0.4, 0.5) is 5.69 Å². The van der Waals surface area contributed by atoms with Crippen molar-refractivity contribution >= 4 is 5.69 Å². The number of nitriles is 2. The fourth-order valence-corrected chi connectivity index (χ4v) is 1.58. The van der Waals surface area contributed by atoms with Crippen molar-refractivity contribution in [2.24, 2.45) is 0 Å². The topological polar surface area (TPSA) is 95.7 Å². The van der Waals surface area contributed by atoms with Crippen molar-refractivity contribution in [3.63, 3.8) is 0 Å². The van der Waals surface area contributed by atoms with Crippen LogP contribution >= 0.6 is 0 Å². The summed E-state index contributed by atoms with van der Waals surface area (Å²) in [5, 5.41) is 17.6. The van der Waals surface area contributed by atoms with E-state index in [0.29, 0.717) is 34.1 Å². The summed E-state index contributed by atoms with van der Waals surface area (Å²) >= 11 is 0. The lowest BCUT2D eigenvalue weighted by atomic mass is 10.2. The number of ether oxygens (including phenoxy) is 1. The molecule has 0 aliphatic heterocycles. The number of aromatic nitrogens is 1. The van der Waals surface area contributed by atoms with Crippen molar-refractivity contribution in [1.82, 2.24) is 4.98 Å². The monoisotopic (exact) mass is 250 g/mol. The molecule has 0 bridgehead atoms. The molecule has 2 N–H and O–H groups in total. The highest BCUT2D eigenvalue weighted by molar-refractivity contribution is 5.57. The molecule has 0 saturated carbocycles. The van der Waals surface area contributed by atoms with E-state index in [1.54, 1.807) is 25.1 Å². The molecular weight excluding hydrogens is 240 g/mol. The standard InChI is InChI=1S/C14H10N4O/c1-9-4-11(8-16)6-14(18-9)19-13-3-2-10(7-15)5-12(13)17/h2-6H,17H2,1H3. The highest BCUT2D eigenvalue weighted by atomic mass is 16.5. The number of nitrogens with two attached hydrogens (primary N) is 1. The molecule has 0 amide bonds. The van der Waals surface area contributed by atoms with Crippen molar-refractivity contribution in [2.45, 2.75) is 6.92 Å². The molecular formula is C14H10N4O. The van der Waals surface area contributed by atoms with E-state index in [2.05, 4.69) is 4.98 Å². The Balaban J connectivity index is 2.34. The molecule has 0 radical (unpaired) electrons.